The number of para-hydroxylation sites is 1. The Kier molecular flexibility index (Phi) is 5.77. The highest BCUT2D eigenvalue weighted by Gasteiger charge is 2.10. The molecule has 2 aromatic heterocycles. The van der Waals surface area contributed by atoms with Crippen molar-refractivity contribution < 1.29 is 5.11 Å². The Morgan fingerprint density at radius 3 is 2.72 bits per heavy atom. The molecule has 1 atom stereocenters. The van der Waals surface area contributed by atoms with Crippen LogP contribution in [-0.4, -0.2) is 32.7 Å². The van der Waals surface area contributed by atoms with Gasteiger partial charge in [-0.15, -0.1) is 0 Å². The number of nitrogens with zero attached hydrogens (tertiary/aromatic N) is 3. The SMILES string of the molecule is C[C@@H](CO)Nc1nc(Nc2ccccc2I)cc(-c2cccnc2)n1. The Morgan fingerprint density at radius 2 is 2.00 bits per heavy atom. The van der Waals surface area contributed by atoms with Gasteiger partial charge in [-0.05, 0) is 53.8 Å². The van der Waals surface area contributed by atoms with E-state index in [1.165, 1.54) is 0 Å². The van der Waals surface area contributed by atoms with Gasteiger partial charge in [-0.25, -0.2) is 4.98 Å². The lowest BCUT2D eigenvalue weighted by molar-refractivity contribution is 0.281. The minimum Gasteiger partial charge on any atom is -0.394 e. The maximum absolute atomic E-state index is 9.28. The van der Waals surface area contributed by atoms with E-state index in [2.05, 4.69) is 48.2 Å². The molecule has 2 heterocycles. The summed E-state index contributed by atoms with van der Waals surface area (Å²) < 4.78 is 1.10. The fourth-order valence-electron chi connectivity index (χ4n) is 2.20. The number of aliphatic hydroxyl groups is 1. The summed E-state index contributed by atoms with van der Waals surface area (Å²) in [5, 5.41) is 15.7. The van der Waals surface area contributed by atoms with Crippen LogP contribution in [0.25, 0.3) is 11.3 Å². The smallest absolute Gasteiger partial charge is 0.225 e. The van der Waals surface area contributed by atoms with Crippen LogP contribution in [0.3, 0.4) is 0 Å². The molecule has 0 saturated heterocycles. The second-order valence-corrected chi connectivity index (χ2v) is 6.70. The van der Waals surface area contributed by atoms with E-state index in [-0.39, 0.29) is 12.6 Å². The first-order valence-corrected chi connectivity index (χ1v) is 8.92. The van der Waals surface area contributed by atoms with Crippen molar-refractivity contribution in [2.24, 2.45) is 0 Å². The summed E-state index contributed by atoms with van der Waals surface area (Å²) in [5.41, 5.74) is 2.62. The second kappa shape index (κ2) is 8.21. The van der Waals surface area contributed by atoms with Gasteiger partial charge in [0.25, 0.3) is 0 Å². The maximum Gasteiger partial charge on any atom is 0.225 e. The molecule has 0 aliphatic heterocycles. The molecule has 25 heavy (non-hydrogen) atoms. The molecule has 0 saturated carbocycles. The minimum atomic E-state index is -0.145. The zero-order valence-electron chi connectivity index (χ0n) is 13.6. The van der Waals surface area contributed by atoms with Crippen molar-refractivity contribution in [2.75, 3.05) is 17.2 Å². The maximum atomic E-state index is 9.28. The summed E-state index contributed by atoms with van der Waals surface area (Å²) >= 11 is 2.28. The first-order valence-electron chi connectivity index (χ1n) is 7.84. The third kappa shape index (κ3) is 4.64. The summed E-state index contributed by atoms with van der Waals surface area (Å²) in [6.07, 6.45) is 3.49. The number of pyridine rings is 1. The molecular formula is C18H18IN5O. The number of hydrogen-bond acceptors (Lipinski definition) is 6. The van der Waals surface area contributed by atoms with Gasteiger partial charge in [0.1, 0.15) is 5.82 Å². The molecular weight excluding hydrogens is 429 g/mol. The Labute approximate surface area is 159 Å². The predicted octanol–water partition coefficient (Wildman–Crippen LogP) is 3.68. The van der Waals surface area contributed by atoms with Gasteiger partial charge in [0, 0.05) is 33.6 Å². The van der Waals surface area contributed by atoms with Crippen LogP contribution in [0.1, 0.15) is 6.92 Å². The first-order chi connectivity index (χ1) is 12.2. The number of rotatable bonds is 6. The predicted molar refractivity (Wildman–Crippen MR) is 108 cm³/mol. The van der Waals surface area contributed by atoms with Gasteiger partial charge in [-0.3, -0.25) is 4.98 Å². The minimum absolute atomic E-state index is 0.000173. The Balaban J connectivity index is 1.99. The van der Waals surface area contributed by atoms with Gasteiger partial charge >= 0.3 is 0 Å². The molecule has 7 heteroatoms. The third-order valence-corrected chi connectivity index (χ3v) is 4.41. The molecule has 128 valence electrons. The van der Waals surface area contributed by atoms with E-state index in [4.69, 9.17) is 0 Å². The van der Waals surface area contributed by atoms with E-state index in [1.54, 1.807) is 12.4 Å². The van der Waals surface area contributed by atoms with E-state index in [1.807, 2.05) is 49.4 Å². The molecule has 6 nitrogen and oxygen atoms in total. The second-order valence-electron chi connectivity index (χ2n) is 5.54. The van der Waals surface area contributed by atoms with E-state index < -0.39 is 0 Å². The van der Waals surface area contributed by atoms with Crippen molar-refractivity contribution in [2.45, 2.75) is 13.0 Å². The summed E-state index contributed by atoms with van der Waals surface area (Å²) in [7, 11) is 0. The standard InChI is InChI=1S/C18H18IN5O/c1-12(11-25)21-18-23-16(13-5-4-8-20-10-13)9-17(24-18)22-15-7-3-2-6-14(15)19/h2-10,12,25H,11H2,1H3,(H2,21,22,23,24)/t12-/m0/s1. The van der Waals surface area contributed by atoms with Crippen LogP contribution in [0.15, 0.2) is 54.9 Å². The quantitative estimate of drug-likeness (QED) is 0.501. The van der Waals surface area contributed by atoms with Crippen LogP contribution in [0.2, 0.25) is 0 Å². The van der Waals surface area contributed by atoms with Crippen molar-refractivity contribution in [3.05, 3.63) is 58.4 Å². The summed E-state index contributed by atoms with van der Waals surface area (Å²) in [5.74, 6) is 1.13. The average Bonchev–Trinajstić information content (AvgIpc) is 2.64. The average molecular weight is 447 g/mol. The summed E-state index contributed by atoms with van der Waals surface area (Å²) in [6, 6.07) is 13.5. The Hall–Kier alpha value is -2.26. The van der Waals surface area contributed by atoms with Crippen molar-refractivity contribution in [1.29, 1.82) is 0 Å². The van der Waals surface area contributed by atoms with Crippen molar-refractivity contribution >= 4 is 40.0 Å². The van der Waals surface area contributed by atoms with Crippen LogP contribution < -0.4 is 10.6 Å². The third-order valence-electron chi connectivity index (χ3n) is 3.47. The normalized spacial score (nSPS) is 11.8. The van der Waals surface area contributed by atoms with Gasteiger partial charge < -0.3 is 15.7 Å². The zero-order valence-corrected chi connectivity index (χ0v) is 15.8. The van der Waals surface area contributed by atoms with Crippen LogP contribution in [0.4, 0.5) is 17.5 Å². The van der Waals surface area contributed by atoms with Gasteiger partial charge in [0.2, 0.25) is 5.95 Å². The van der Waals surface area contributed by atoms with Crippen LogP contribution >= 0.6 is 22.6 Å². The molecule has 1 aromatic carbocycles. The molecule has 0 aliphatic carbocycles. The van der Waals surface area contributed by atoms with Crippen molar-refractivity contribution in [3.63, 3.8) is 0 Å². The first kappa shape index (κ1) is 17.6. The molecule has 0 unspecified atom stereocenters. The monoisotopic (exact) mass is 447 g/mol. The number of anilines is 3. The van der Waals surface area contributed by atoms with Crippen LogP contribution in [0, 0.1) is 3.57 Å². The summed E-state index contributed by atoms with van der Waals surface area (Å²) in [6.45, 7) is 1.87. The van der Waals surface area contributed by atoms with Crippen LogP contribution in [-0.2, 0) is 0 Å². The highest BCUT2D eigenvalue weighted by atomic mass is 127. The molecule has 3 aromatic rings. The lowest BCUT2D eigenvalue weighted by Crippen LogP contribution is -2.21. The van der Waals surface area contributed by atoms with E-state index in [9.17, 15) is 5.11 Å². The van der Waals surface area contributed by atoms with Crippen LogP contribution in [0.5, 0.6) is 0 Å². The van der Waals surface area contributed by atoms with Crippen molar-refractivity contribution in [3.8, 4) is 11.3 Å². The number of aromatic nitrogens is 3. The van der Waals surface area contributed by atoms with Gasteiger partial charge in [-0.1, -0.05) is 12.1 Å². The van der Waals surface area contributed by atoms with Gasteiger partial charge in [0.05, 0.1) is 18.0 Å². The Bertz CT molecular complexity index is 844. The lowest BCUT2D eigenvalue weighted by Gasteiger charge is -2.14. The molecule has 3 rings (SSSR count). The van der Waals surface area contributed by atoms with Gasteiger partial charge in [0.15, 0.2) is 0 Å². The molecule has 0 spiro atoms. The lowest BCUT2D eigenvalue weighted by atomic mass is 10.2. The van der Waals surface area contributed by atoms with E-state index in [0.717, 1.165) is 20.5 Å². The molecule has 0 radical (unpaired) electrons. The number of benzene rings is 1. The number of hydrogen-bond donors (Lipinski definition) is 3. The molecule has 0 aliphatic rings. The Morgan fingerprint density at radius 1 is 1.16 bits per heavy atom. The molecule has 3 N–H and O–H groups in total. The van der Waals surface area contributed by atoms with Gasteiger partial charge in [-0.2, -0.15) is 4.98 Å². The summed E-state index contributed by atoms with van der Waals surface area (Å²) in [4.78, 5) is 13.2. The molecule has 0 fully saturated rings. The fourth-order valence-corrected chi connectivity index (χ4v) is 2.73. The molecule has 0 amide bonds. The largest absolute Gasteiger partial charge is 0.394 e. The van der Waals surface area contributed by atoms with Crippen molar-refractivity contribution in [1.82, 2.24) is 15.0 Å². The zero-order chi connectivity index (χ0) is 17.6. The number of nitrogens with one attached hydrogen (secondary N) is 2. The highest BCUT2D eigenvalue weighted by Crippen LogP contribution is 2.25. The number of aliphatic hydroxyl groups excluding tert-OH is 1. The highest BCUT2D eigenvalue weighted by molar-refractivity contribution is 14.1. The fraction of sp³-hybridized carbons (Fsp3) is 0.167. The number of halogens is 1. The topological polar surface area (TPSA) is 83.0 Å². The van der Waals surface area contributed by atoms with E-state index >= 15 is 0 Å². The molecule has 0 bridgehead atoms. The van der Waals surface area contributed by atoms with E-state index in [0.29, 0.717) is 11.8 Å².